The largest absolute Gasteiger partial charge is 0.354 e. The molecular formula is C28H46N4O2. The smallest absolute Gasteiger partial charge is 0.273 e. The summed E-state index contributed by atoms with van der Waals surface area (Å²) in [5.74, 6) is 4.21. The van der Waals surface area contributed by atoms with Gasteiger partial charge in [0.05, 0.1) is 6.20 Å². The van der Waals surface area contributed by atoms with Crippen molar-refractivity contribution in [3.8, 4) is 0 Å². The van der Waals surface area contributed by atoms with E-state index >= 15 is 0 Å². The van der Waals surface area contributed by atoms with Crippen molar-refractivity contribution in [3.05, 3.63) is 11.9 Å². The molecule has 0 radical (unpaired) electrons. The highest BCUT2D eigenvalue weighted by molar-refractivity contribution is 5.91. The molecule has 190 valence electrons. The van der Waals surface area contributed by atoms with Gasteiger partial charge in [0.2, 0.25) is 0 Å². The first-order chi connectivity index (χ1) is 16.3. The fourth-order valence-corrected chi connectivity index (χ4v) is 8.86. The third-order valence-electron chi connectivity index (χ3n) is 10.6. The van der Waals surface area contributed by atoms with Crippen LogP contribution in [0.1, 0.15) is 103 Å². The van der Waals surface area contributed by atoms with Crippen LogP contribution in [0.15, 0.2) is 6.20 Å². The van der Waals surface area contributed by atoms with E-state index < -0.39 is 0 Å². The van der Waals surface area contributed by atoms with E-state index in [1.807, 2.05) is 13.8 Å². The Morgan fingerprint density at radius 1 is 1.03 bits per heavy atom. The van der Waals surface area contributed by atoms with E-state index in [0.29, 0.717) is 11.3 Å². The Balaban J connectivity index is 0.00000133. The zero-order valence-electron chi connectivity index (χ0n) is 22.3. The molecule has 1 amide bonds. The van der Waals surface area contributed by atoms with Crippen LogP contribution in [0, 0.1) is 46.3 Å². The predicted molar refractivity (Wildman–Crippen MR) is 134 cm³/mol. The highest BCUT2D eigenvalue weighted by Crippen LogP contribution is 2.67. The van der Waals surface area contributed by atoms with Crippen LogP contribution in [0.3, 0.4) is 0 Å². The van der Waals surface area contributed by atoms with Gasteiger partial charge in [0.1, 0.15) is 6.54 Å². The van der Waals surface area contributed by atoms with Crippen molar-refractivity contribution in [3.63, 3.8) is 0 Å². The minimum absolute atomic E-state index is 0.0970. The molecule has 4 aliphatic carbocycles. The van der Waals surface area contributed by atoms with Gasteiger partial charge in [0.25, 0.3) is 5.91 Å². The van der Waals surface area contributed by atoms with E-state index in [9.17, 15) is 9.59 Å². The van der Waals surface area contributed by atoms with E-state index in [4.69, 9.17) is 0 Å². The van der Waals surface area contributed by atoms with Gasteiger partial charge in [-0.15, -0.1) is 5.10 Å². The molecule has 1 N–H and O–H groups in total. The molecule has 4 saturated carbocycles. The number of nitrogens with one attached hydrogen (secondary N) is 1. The second-order valence-electron chi connectivity index (χ2n) is 12.0. The molecular weight excluding hydrogens is 424 g/mol. The maximum absolute atomic E-state index is 13.4. The number of carbonyl (C=O) groups is 2. The highest BCUT2D eigenvalue weighted by Gasteiger charge is 2.60. The molecule has 8 atom stereocenters. The minimum atomic E-state index is -0.267. The van der Waals surface area contributed by atoms with Crippen LogP contribution in [0.5, 0.6) is 0 Å². The number of ketones is 1. The number of hydrogen-bond acceptors (Lipinski definition) is 4. The van der Waals surface area contributed by atoms with Crippen LogP contribution >= 0.6 is 0 Å². The van der Waals surface area contributed by atoms with Gasteiger partial charge in [-0.05, 0) is 91.8 Å². The normalized spacial score (nSPS) is 40.8. The summed E-state index contributed by atoms with van der Waals surface area (Å²) in [6, 6.07) is 0. The molecule has 6 heteroatoms. The first-order valence-electron chi connectivity index (χ1n) is 13.9. The molecule has 6 nitrogen and oxygen atoms in total. The van der Waals surface area contributed by atoms with E-state index in [-0.39, 0.29) is 35.3 Å². The van der Waals surface area contributed by atoms with Crippen molar-refractivity contribution < 1.29 is 9.59 Å². The maximum Gasteiger partial charge on any atom is 0.273 e. The molecule has 0 spiro atoms. The quantitative estimate of drug-likeness (QED) is 0.628. The maximum atomic E-state index is 13.4. The number of aromatic nitrogens is 3. The van der Waals surface area contributed by atoms with Gasteiger partial charge in [-0.25, -0.2) is 0 Å². The Labute approximate surface area is 206 Å². The van der Waals surface area contributed by atoms with E-state index in [0.717, 1.165) is 30.1 Å². The minimum Gasteiger partial charge on any atom is -0.354 e. The monoisotopic (exact) mass is 470 g/mol. The molecule has 4 aliphatic rings. The Bertz CT molecular complexity index is 897. The van der Waals surface area contributed by atoms with E-state index in [2.05, 4.69) is 36.3 Å². The summed E-state index contributed by atoms with van der Waals surface area (Å²) in [5.41, 5.74) is 0.900. The van der Waals surface area contributed by atoms with Crippen LogP contribution < -0.4 is 5.32 Å². The van der Waals surface area contributed by atoms with Gasteiger partial charge in [-0.1, -0.05) is 41.0 Å². The molecule has 1 aromatic rings. The molecule has 34 heavy (non-hydrogen) atoms. The lowest BCUT2D eigenvalue weighted by molar-refractivity contribution is -0.137. The Morgan fingerprint density at radius 2 is 1.74 bits per heavy atom. The average Bonchev–Trinajstić information content (AvgIpc) is 3.44. The third kappa shape index (κ3) is 4.13. The number of rotatable bonds is 4. The second kappa shape index (κ2) is 9.73. The van der Waals surface area contributed by atoms with E-state index in [1.54, 1.807) is 7.05 Å². The summed E-state index contributed by atoms with van der Waals surface area (Å²) in [6.45, 7) is 11.7. The van der Waals surface area contributed by atoms with Crippen molar-refractivity contribution in [2.45, 2.75) is 99.0 Å². The molecule has 0 aromatic carbocycles. The predicted octanol–water partition coefficient (Wildman–Crippen LogP) is 5.53. The Hall–Kier alpha value is -1.72. The van der Waals surface area contributed by atoms with Gasteiger partial charge >= 0.3 is 0 Å². The topological polar surface area (TPSA) is 76.9 Å². The van der Waals surface area contributed by atoms with Crippen LogP contribution in [0.4, 0.5) is 0 Å². The standard InChI is InChI=1S/C26H40N4O2.C2H6/c1-16-9-11-25(2)17(13-16)5-6-18-19-7-8-21(26(19,3)12-10-20(18)25)23(31)15-30-28-14-22(29-30)24(32)27-4;1-2/h14,16-21H,5-13,15H2,1-4H3,(H,27,32);1-2H3/t16?,17?,18?,19?,20?,21-,25?,26?;/m1./s1. The first-order valence-corrected chi connectivity index (χ1v) is 13.9. The third-order valence-corrected chi connectivity index (χ3v) is 10.6. The van der Waals surface area contributed by atoms with Gasteiger partial charge < -0.3 is 5.32 Å². The number of fused-ring (bicyclic) bond motifs is 5. The van der Waals surface area contributed by atoms with Crippen LogP contribution in [-0.4, -0.2) is 33.7 Å². The van der Waals surface area contributed by atoms with Crippen LogP contribution in [0.25, 0.3) is 0 Å². The molecule has 7 unspecified atom stereocenters. The van der Waals surface area contributed by atoms with Crippen molar-refractivity contribution in [2.75, 3.05) is 7.05 Å². The molecule has 5 rings (SSSR count). The molecule has 4 fully saturated rings. The van der Waals surface area contributed by atoms with Gasteiger partial charge in [-0.2, -0.15) is 9.90 Å². The molecule has 1 aromatic heterocycles. The average molecular weight is 471 g/mol. The van der Waals surface area contributed by atoms with Crippen LogP contribution in [0.2, 0.25) is 0 Å². The lowest BCUT2D eigenvalue weighted by Gasteiger charge is -2.61. The number of hydrogen-bond donors (Lipinski definition) is 1. The molecule has 1 heterocycles. The lowest BCUT2D eigenvalue weighted by Crippen LogP contribution is -2.53. The lowest BCUT2D eigenvalue weighted by atomic mass is 9.44. The van der Waals surface area contributed by atoms with Crippen molar-refractivity contribution in [1.29, 1.82) is 0 Å². The van der Waals surface area contributed by atoms with Crippen molar-refractivity contribution in [1.82, 2.24) is 20.3 Å². The zero-order valence-corrected chi connectivity index (χ0v) is 22.3. The summed E-state index contributed by atoms with van der Waals surface area (Å²) in [7, 11) is 1.57. The summed E-state index contributed by atoms with van der Waals surface area (Å²) in [6.07, 6.45) is 13.1. The SMILES string of the molecule is CC.CNC(=O)c1cnn(CC(=O)[C@H]2CCC3C4CCC5CC(C)CCC5(C)C4CCC32C)n1. The molecule has 0 saturated heterocycles. The number of carbonyl (C=O) groups excluding carboxylic acids is 2. The van der Waals surface area contributed by atoms with Crippen molar-refractivity contribution in [2.24, 2.45) is 46.3 Å². The van der Waals surface area contributed by atoms with Gasteiger partial charge in [-0.3, -0.25) is 9.59 Å². The Kier molecular flexibility index (Phi) is 7.26. The summed E-state index contributed by atoms with van der Waals surface area (Å²) in [5, 5.41) is 10.9. The van der Waals surface area contributed by atoms with E-state index in [1.165, 1.54) is 62.4 Å². The fraction of sp³-hybridized carbons (Fsp3) is 0.857. The fourth-order valence-electron chi connectivity index (χ4n) is 8.86. The zero-order chi connectivity index (χ0) is 24.7. The van der Waals surface area contributed by atoms with Crippen LogP contribution in [-0.2, 0) is 11.3 Å². The Morgan fingerprint density at radius 3 is 2.47 bits per heavy atom. The van der Waals surface area contributed by atoms with Gasteiger partial charge in [0, 0.05) is 13.0 Å². The first kappa shape index (κ1) is 25.4. The molecule has 0 bridgehead atoms. The number of amides is 1. The van der Waals surface area contributed by atoms with Gasteiger partial charge in [0.15, 0.2) is 11.5 Å². The highest BCUT2D eigenvalue weighted by atomic mass is 16.2. The summed E-state index contributed by atoms with van der Waals surface area (Å²) < 4.78 is 0. The second-order valence-corrected chi connectivity index (χ2v) is 12.0. The molecule has 0 aliphatic heterocycles. The number of Topliss-reactive ketones (excluding diaryl/α,β-unsaturated/α-hetero) is 1. The summed E-state index contributed by atoms with van der Waals surface area (Å²) >= 11 is 0. The number of nitrogens with zero attached hydrogens (tertiary/aromatic N) is 3. The van der Waals surface area contributed by atoms with Crippen molar-refractivity contribution >= 4 is 11.7 Å². The summed E-state index contributed by atoms with van der Waals surface area (Å²) in [4.78, 5) is 26.6.